The molecule has 0 radical (unpaired) electrons. The maximum absolute atomic E-state index is 13.9. The summed E-state index contributed by atoms with van der Waals surface area (Å²) in [5.74, 6) is -1.07. The highest BCUT2D eigenvalue weighted by Crippen LogP contribution is 2.49. The van der Waals surface area contributed by atoms with E-state index < -0.39 is 11.8 Å². The molecule has 3 rings (SSSR count). The summed E-state index contributed by atoms with van der Waals surface area (Å²) in [5, 5.41) is 22.0. The number of aromatic hydroxyl groups is 1. The van der Waals surface area contributed by atoms with Gasteiger partial charge in [-0.1, -0.05) is 6.07 Å². The fraction of sp³-hybridized carbons (Fsp3) is 0.562. The molecule has 0 aliphatic heterocycles. The number of carboxylic acids is 1. The highest BCUT2D eigenvalue weighted by Gasteiger charge is 2.51. The Balaban J connectivity index is 1.77. The van der Waals surface area contributed by atoms with Gasteiger partial charge in [0.05, 0.1) is 5.92 Å². The summed E-state index contributed by atoms with van der Waals surface area (Å²) in [4.78, 5) is 11.5. The molecule has 2 aliphatic rings. The van der Waals surface area contributed by atoms with Crippen molar-refractivity contribution in [2.24, 2.45) is 17.8 Å². The minimum Gasteiger partial charge on any atom is -0.508 e. The Hall–Kier alpha value is -1.62. The van der Waals surface area contributed by atoms with E-state index in [0.717, 1.165) is 25.3 Å². The average molecular weight is 293 g/mol. The number of nitrogens with one attached hydrogen (secondary N) is 1. The maximum Gasteiger partial charge on any atom is 0.308 e. The molecular formula is C16H20FNO3. The van der Waals surface area contributed by atoms with E-state index in [4.69, 9.17) is 0 Å². The topological polar surface area (TPSA) is 69.6 Å². The van der Waals surface area contributed by atoms with E-state index in [1.54, 1.807) is 6.07 Å². The van der Waals surface area contributed by atoms with Crippen molar-refractivity contribution in [2.45, 2.75) is 38.3 Å². The van der Waals surface area contributed by atoms with E-state index in [1.807, 2.05) is 6.92 Å². The molecule has 5 atom stereocenters. The number of fused-ring (bicyclic) bond motifs is 2. The summed E-state index contributed by atoms with van der Waals surface area (Å²) >= 11 is 0. The van der Waals surface area contributed by atoms with Crippen LogP contribution in [0.5, 0.6) is 5.75 Å². The van der Waals surface area contributed by atoms with E-state index in [9.17, 15) is 19.4 Å². The van der Waals surface area contributed by atoms with Crippen LogP contribution in [0, 0.1) is 23.6 Å². The van der Waals surface area contributed by atoms with Crippen LogP contribution < -0.4 is 5.32 Å². The van der Waals surface area contributed by atoms with Crippen molar-refractivity contribution >= 4 is 5.97 Å². The Morgan fingerprint density at radius 1 is 1.38 bits per heavy atom. The quantitative estimate of drug-likeness (QED) is 0.798. The fourth-order valence-corrected chi connectivity index (χ4v) is 4.13. The molecule has 0 amide bonds. The SMILES string of the molecule is CC(NC1C2CCC(C2)C1C(=O)O)c1ccc(O)cc1F. The summed E-state index contributed by atoms with van der Waals surface area (Å²) in [6, 6.07) is 3.71. The fourth-order valence-electron chi connectivity index (χ4n) is 4.13. The van der Waals surface area contributed by atoms with Crippen LogP contribution in [0.4, 0.5) is 4.39 Å². The normalized spacial score (nSPS) is 32.3. The molecule has 0 aromatic heterocycles. The van der Waals surface area contributed by atoms with Crippen LogP contribution in [0.2, 0.25) is 0 Å². The number of hydrogen-bond donors (Lipinski definition) is 3. The van der Waals surface area contributed by atoms with Crippen LogP contribution >= 0.6 is 0 Å². The molecular weight excluding hydrogens is 273 g/mol. The van der Waals surface area contributed by atoms with Crippen LogP contribution in [-0.4, -0.2) is 22.2 Å². The Morgan fingerprint density at radius 3 is 2.76 bits per heavy atom. The Kier molecular flexibility index (Phi) is 3.61. The molecule has 5 heteroatoms. The number of phenols is 1. The van der Waals surface area contributed by atoms with Crippen LogP contribution in [-0.2, 0) is 4.79 Å². The monoisotopic (exact) mass is 293 g/mol. The summed E-state index contributed by atoms with van der Waals surface area (Å²) in [5.41, 5.74) is 0.458. The largest absolute Gasteiger partial charge is 0.508 e. The molecule has 21 heavy (non-hydrogen) atoms. The summed E-state index contributed by atoms with van der Waals surface area (Å²) in [6.45, 7) is 1.83. The van der Waals surface area contributed by atoms with Gasteiger partial charge in [-0.05, 0) is 44.1 Å². The van der Waals surface area contributed by atoms with Crippen LogP contribution in [0.15, 0.2) is 18.2 Å². The number of halogens is 1. The van der Waals surface area contributed by atoms with Crippen LogP contribution in [0.3, 0.4) is 0 Å². The van der Waals surface area contributed by atoms with Gasteiger partial charge in [-0.15, -0.1) is 0 Å². The molecule has 2 aliphatic carbocycles. The van der Waals surface area contributed by atoms with E-state index in [-0.39, 0.29) is 29.7 Å². The van der Waals surface area contributed by atoms with E-state index in [2.05, 4.69) is 5.32 Å². The Morgan fingerprint density at radius 2 is 2.10 bits per heavy atom. The highest BCUT2D eigenvalue weighted by molar-refractivity contribution is 5.72. The lowest BCUT2D eigenvalue weighted by atomic mass is 9.84. The summed E-state index contributed by atoms with van der Waals surface area (Å²) < 4.78 is 13.9. The second kappa shape index (κ2) is 5.30. The van der Waals surface area contributed by atoms with Gasteiger partial charge in [-0.3, -0.25) is 4.79 Å². The first-order chi connectivity index (χ1) is 9.97. The minimum atomic E-state index is -0.752. The first kappa shape index (κ1) is 14.3. The van der Waals surface area contributed by atoms with Crippen LogP contribution in [0.25, 0.3) is 0 Å². The molecule has 3 N–H and O–H groups in total. The molecule has 114 valence electrons. The van der Waals surface area contributed by atoms with E-state index in [0.29, 0.717) is 11.5 Å². The number of carboxylic acid groups (broad SMARTS) is 1. The first-order valence-corrected chi connectivity index (χ1v) is 7.44. The Labute approximate surface area is 123 Å². The predicted octanol–water partition coefficient (Wildman–Crippen LogP) is 2.68. The van der Waals surface area contributed by atoms with Gasteiger partial charge in [0, 0.05) is 23.7 Å². The van der Waals surface area contributed by atoms with Crippen molar-refractivity contribution < 1.29 is 19.4 Å². The van der Waals surface area contributed by atoms with Gasteiger partial charge in [0.1, 0.15) is 11.6 Å². The standard InChI is InChI=1S/C16H20FNO3/c1-8(12-5-4-11(19)7-13(12)17)18-15-10-3-2-9(6-10)14(15)16(20)21/h4-5,7-10,14-15,18-19H,2-3,6H2,1H3,(H,20,21). The Bertz CT molecular complexity index is 562. The van der Waals surface area contributed by atoms with Gasteiger partial charge in [0.2, 0.25) is 0 Å². The number of hydrogen-bond acceptors (Lipinski definition) is 3. The van der Waals surface area contributed by atoms with Gasteiger partial charge in [-0.25, -0.2) is 4.39 Å². The maximum atomic E-state index is 13.9. The minimum absolute atomic E-state index is 0.0931. The van der Waals surface area contributed by atoms with Crippen molar-refractivity contribution in [3.8, 4) is 5.75 Å². The summed E-state index contributed by atoms with van der Waals surface area (Å²) in [6.07, 6.45) is 3.00. The van der Waals surface area contributed by atoms with Crippen molar-refractivity contribution in [1.29, 1.82) is 0 Å². The molecule has 5 unspecified atom stereocenters. The van der Waals surface area contributed by atoms with Gasteiger partial charge in [0.25, 0.3) is 0 Å². The first-order valence-electron chi connectivity index (χ1n) is 7.44. The molecule has 4 nitrogen and oxygen atoms in total. The lowest BCUT2D eigenvalue weighted by molar-refractivity contribution is -0.144. The van der Waals surface area contributed by atoms with Crippen molar-refractivity contribution in [1.82, 2.24) is 5.32 Å². The zero-order chi connectivity index (χ0) is 15.1. The number of aliphatic carboxylic acids is 1. The molecule has 2 saturated carbocycles. The third kappa shape index (κ3) is 2.50. The molecule has 1 aromatic carbocycles. The zero-order valence-electron chi connectivity index (χ0n) is 11.9. The predicted molar refractivity (Wildman–Crippen MR) is 75.4 cm³/mol. The number of rotatable bonds is 4. The van der Waals surface area contributed by atoms with Crippen molar-refractivity contribution in [3.63, 3.8) is 0 Å². The lowest BCUT2D eigenvalue weighted by Crippen LogP contribution is -2.45. The second-order valence-electron chi connectivity index (χ2n) is 6.32. The molecule has 2 fully saturated rings. The molecule has 2 bridgehead atoms. The van der Waals surface area contributed by atoms with Crippen molar-refractivity contribution in [2.75, 3.05) is 0 Å². The van der Waals surface area contributed by atoms with Gasteiger partial charge in [0.15, 0.2) is 0 Å². The number of phenolic OH excluding ortho intramolecular Hbond substituents is 1. The molecule has 0 spiro atoms. The van der Waals surface area contributed by atoms with E-state index in [1.165, 1.54) is 6.07 Å². The lowest BCUT2D eigenvalue weighted by Gasteiger charge is -2.31. The number of carbonyl (C=O) groups is 1. The third-order valence-electron chi connectivity index (χ3n) is 5.09. The molecule has 0 heterocycles. The van der Waals surface area contributed by atoms with Crippen LogP contribution in [0.1, 0.15) is 37.8 Å². The zero-order valence-corrected chi connectivity index (χ0v) is 11.9. The average Bonchev–Trinajstić information content (AvgIpc) is 2.98. The van der Waals surface area contributed by atoms with Gasteiger partial charge in [-0.2, -0.15) is 0 Å². The smallest absolute Gasteiger partial charge is 0.308 e. The van der Waals surface area contributed by atoms with Crippen molar-refractivity contribution in [3.05, 3.63) is 29.6 Å². The van der Waals surface area contributed by atoms with Gasteiger partial charge < -0.3 is 15.5 Å². The highest BCUT2D eigenvalue weighted by atomic mass is 19.1. The molecule has 0 saturated heterocycles. The van der Waals surface area contributed by atoms with E-state index >= 15 is 0 Å². The summed E-state index contributed by atoms with van der Waals surface area (Å²) in [7, 11) is 0. The third-order valence-corrected chi connectivity index (χ3v) is 5.09. The number of benzene rings is 1. The second-order valence-corrected chi connectivity index (χ2v) is 6.32. The molecule has 1 aromatic rings. The van der Waals surface area contributed by atoms with Gasteiger partial charge >= 0.3 is 5.97 Å².